The van der Waals surface area contributed by atoms with Crippen LogP contribution in [0.15, 0.2) is 41.3 Å². The fraction of sp³-hybridized carbons (Fsp3) is 0.214. The number of ether oxygens (including phenoxy) is 1. The number of carbonyl (C=O) groups is 1. The molecule has 0 unspecified atom stereocenters. The molecule has 0 N–H and O–H groups in total. The number of esters is 1. The third-order valence-electron chi connectivity index (χ3n) is 2.64. The van der Waals surface area contributed by atoms with Crippen LogP contribution >= 0.6 is 0 Å². The van der Waals surface area contributed by atoms with Crippen LogP contribution in [0.3, 0.4) is 0 Å². The van der Waals surface area contributed by atoms with Crippen LogP contribution in [0.5, 0.6) is 0 Å². The first-order valence-electron chi connectivity index (χ1n) is 5.96. The second-order valence-corrected chi connectivity index (χ2v) is 3.98. The lowest BCUT2D eigenvalue weighted by atomic mass is 10.2. The molecule has 0 bridgehead atoms. The van der Waals surface area contributed by atoms with E-state index < -0.39 is 11.4 Å². The zero-order valence-corrected chi connectivity index (χ0v) is 10.8. The fourth-order valence-corrected chi connectivity index (χ4v) is 1.70. The van der Waals surface area contributed by atoms with E-state index in [0.717, 1.165) is 11.3 Å². The topological polar surface area (TPSA) is 61.2 Å². The first-order chi connectivity index (χ1) is 9.13. The Hall–Kier alpha value is -2.43. The Labute approximate surface area is 110 Å². The molecular formula is C14H14N2O3. The predicted molar refractivity (Wildman–Crippen MR) is 70.5 cm³/mol. The minimum Gasteiger partial charge on any atom is -0.461 e. The van der Waals surface area contributed by atoms with Crippen LogP contribution in [0.4, 0.5) is 0 Å². The summed E-state index contributed by atoms with van der Waals surface area (Å²) in [7, 11) is 0. The number of aromatic nitrogens is 2. The molecule has 0 radical (unpaired) electrons. The smallest absolute Gasteiger partial charge is 0.362 e. The monoisotopic (exact) mass is 258 g/mol. The molecule has 2 rings (SSSR count). The van der Waals surface area contributed by atoms with E-state index >= 15 is 0 Å². The van der Waals surface area contributed by atoms with E-state index in [1.807, 2.05) is 31.2 Å². The van der Waals surface area contributed by atoms with Crippen molar-refractivity contribution in [1.29, 1.82) is 0 Å². The van der Waals surface area contributed by atoms with Gasteiger partial charge in [-0.05, 0) is 25.5 Å². The largest absolute Gasteiger partial charge is 0.461 e. The lowest BCUT2D eigenvalue weighted by Gasteiger charge is -2.09. The van der Waals surface area contributed by atoms with Crippen molar-refractivity contribution in [2.75, 3.05) is 6.61 Å². The van der Waals surface area contributed by atoms with Crippen molar-refractivity contribution < 1.29 is 9.53 Å². The van der Waals surface area contributed by atoms with Gasteiger partial charge in [0.2, 0.25) is 11.1 Å². The van der Waals surface area contributed by atoms with Crippen molar-refractivity contribution in [3.63, 3.8) is 0 Å². The fourth-order valence-electron chi connectivity index (χ4n) is 1.70. The molecule has 0 aliphatic carbocycles. The molecule has 0 atom stereocenters. The Morgan fingerprint density at radius 2 is 2.05 bits per heavy atom. The van der Waals surface area contributed by atoms with Crippen LogP contribution in [0, 0.1) is 6.92 Å². The molecule has 0 spiro atoms. The molecule has 5 heteroatoms. The molecule has 0 fully saturated rings. The van der Waals surface area contributed by atoms with Gasteiger partial charge in [-0.1, -0.05) is 18.2 Å². The van der Waals surface area contributed by atoms with Gasteiger partial charge in [-0.15, -0.1) is 0 Å². The van der Waals surface area contributed by atoms with E-state index in [1.54, 1.807) is 6.92 Å². The summed E-state index contributed by atoms with van der Waals surface area (Å²) in [5.74, 6) is -0.699. The first-order valence-corrected chi connectivity index (χ1v) is 5.96. The third kappa shape index (κ3) is 2.70. The van der Waals surface area contributed by atoms with Crippen molar-refractivity contribution in [3.8, 4) is 5.69 Å². The Morgan fingerprint density at radius 3 is 2.74 bits per heavy atom. The summed E-state index contributed by atoms with van der Waals surface area (Å²) in [6.07, 6.45) is 1.54. The van der Waals surface area contributed by atoms with Gasteiger partial charge in [0.05, 0.1) is 12.3 Å². The maximum absolute atomic E-state index is 11.6. The molecule has 0 saturated heterocycles. The molecule has 0 aliphatic rings. The summed E-state index contributed by atoms with van der Waals surface area (Å²) >= 11 is 0. The molecule has 1 aromatic carbocycles. The highest BCUT2D eigenvalue weighted by atomic mass is 16.5. The number of hydrogen-bond acceptors (Lipinski definition) is 4. The summed E-state index contributed by atoms with van der Waals surface area (Å²) in [6, 6.07) is 8.88. The molecule has 1 heterocycles. The van der Waals surface area contributed by atoms with Gasteiger partial charge < -0.3 is 4.74 Å². The maximum Gasteiger partial charge on any atom is 0.362 e. The molecule has 0 aliphatic heterocycles. The number of aryl methyl sites for hydroxylation is 1. The van der Waals surface area contributed by atoms with E-state index in [-0.39, 0.29) is 12.3 Å². The van der Waals surface area contributed by atoms with E-state index in [1.165, 1.54) is 16.9 Å². The van der Waals surface area contributed by atoms with E-state index in [4.69, 9.17) is 4.74 Å². The minimum atomic E-state index is -0.699. The van der Waals surface area contributed by atoms with Gasteiger partial charge in [-0.2, -0.15) is 5.10 Å². The minimum absolute atomic E-state index is 0.201. The summed E-state index contributed by atoms with van der Waals surface area (Å²) in [5, 5.41) is 4.05. The standard InChI is InChI=1S/C14H14N2O3/c1-3-19-14(18)13-12(17)8-9-16(15-13)11-7-5-4-6-10(11)2/h4-9H,3H2,1-2H3. The van der Waals surface area contributed by atoms with Crippen molar-refractivity contribution in [2.24, 2.45) is 0 Å². The van der Waals surface area contributed by atoms with Crippen molar-refractivity contribution in [3.05, 3.63) is 58.0 Å². The molecule has 19 heavy (non-hydrogen) atoms. The average Bonchev–Trinajstić information content (AvgIpc) is 2.40. The van der Waals surface area contributed by atoms with Crippen molar-refractivity contribution in [2.45, 2.75) is 13.8 Å². The Kier molecular flexibility index (Phi) is 3.75. The van der Waals surface area contributed by atoms with Crippen LogP contribution in [-0.4, -0.2) is 22.4 Å². The molecule has 1 aromatic heterocycles. The average molecular weight is 258 g/mol. The van der Waals surface area contributed by atoms with Gasteiger partial charge >= 0.3 is 5.97 Å². The number of rotatable bonds is 3. The van der Waals surface area contributed by atoms with E-state index in [2.05, 4.69) is 5.10 Å². The number of para-hydroxylation sites is 1. The lowest BCUT2D eigenvalue weighted by molar-refractivity contribution is 0.0515. The van der Waals surface area contributed by atoms with Crippen LogP contribution in [0.1, 0.15) is 23.0 Å². The Morgan fingerprint density at radius 1 is 1.32 bits per heavy atom. The maximum atomic E-state index is 11.6. The quantitative estimate of drug-likeness (QED) is 0.786. The van der Waals surface area contributed by atoms with Gasteiger partial charge in [0.25, 0.3) is 0 Å². The highest BCUT2D eigenvalue weighted by molar-refractivity contribution is 5.86. The van der Waals surface area contributed by atoms with Crippen LogP contribution in [-0.2, 0) is 4.74 Å². The Bertz CT molecular complexity index is 662. The zero-order valence-electron chi connectivity index (χ0n) is 10.8. The summed E-state index contributed by atoms with van der Waals surface area (Å²) in [6.45, 7) is 3.82. The van der Waals surface area contributed by atoms with Gasteiger partial charge in [0, 0.05) is 12.3 Å². The highest BCUT2D eigenvalue weighted by Gasteiger charge is 2.14. The number of benzene rings is 1. The van der Waals surface area contributed by atoms with Crippen molar-refractivity contribution in [1.82, 2.24) is 9.78 Å². The highest BCUT2D eigenvalue weighted by Crippen LogP contribution is 2.11. The molecule has 98 valence electrons. The number of hydrogen-bond donors (Lipinski definition) is 0. The molecule has 2 aromatic rings. The summed E-state index contributed by atoms with van der Waals surface area (Å²) in [4.78, 5) is 23.3. The van der Waals surface area contributed by atoms with Gasteiger partial charge in [0.1, 0.15) is 0 Å². The predicted octanol–water partition coefficient (Wildman–Crippen LogP) is 1.72. The molecule has 0 amide bonds. The van der Waals surface area contributed by atoms with Crippen molar-refractivity contribution >= 4 is 5.97 Å². The summed E-state index contributed by atoms with van der Waals surface area (Å²) in [5.41, 5.74) is 1.16. The SMILES string of the molecule is CCOC(=O)c1nn(-c2ccccc2C)ccc1=O. The van der Waals surface area contributed by atoms with Crippen LogP contribution in [0.25, 0.3) is 5.69 Å². The van der Waals surface area contributed by atoms with Gasteiger partial charge in [-0.3, -0.25) is 4.79 Å². The molecule has 5 nitrogen and oxygen atoms in total. The van der Waals surface area contributed by atoms with Crippen LogP contribution in [0.2, 0.25) is 0 Å². The molecular weight excluding hydrogens is 244 g/mol. The third-order valence-corrected chi connectivity index (χ3v) is 2.64. The van der Waals surface area contributed by atoms with Gasteiger partial charge in [0.15, 0.2) is 0 Å². The zero-order chi connectivity index (χ0) is 13.8. The second kappa shape index (κ2) is 5.48. The molecule has 0 saturated carbocycles. The van der Waals surface area contributed by atoms with E-state index in [9.17, 15) is 9.59 Å². The number of carbonyl (C=O) groups excluding carboxylic acids is 1. The second-order valence-electron chi connectivity index (χ2n) is 3.98. The summed E-state index contributed by atoms with van der Waals surface area (Å²) < 4.78 is 6.32. The first kappa shape index (κ1) is 13.0. The lowest BCUT2D eigenvalue weighted by Crippen LogP contribution is -2.22. The number of nitrogens with zero attached hydrogens (tertiary/aromatic N) is 2. The normalized spacial score (nSPS) is 10.2. The van der Waals surface area contributed by atoms with E-state index in [0.29, 0.717) is 0 Å². The van der Waals surface area contributed by atoms with Crippen LogP contribution < -0.4 is 5.43 Å². The Balaban J connectivity index is 2.50. The van der Waals surface area contributed by atoms with Gasteiger partial charge in [-0.25, -0.2) is 9.48 Å².